The lowest BCUT2D eigenvalue weighted by Gasteiger charge is -2.39. The molecule has 47 heavy (non-hydrogen) atoms. The fourth-order valence-corrected chi connectivity index (χ4v) is 7.38. The maximum Gasteiger partial charge on any atom is 0.401 e. The number of aromatic amines is 1. The number of amides is 1. The maximum absolute atomic E-state index is 13.7. The predicted octanol–water partition coefficient (Wildman–Crippen LogP) is 6.63. The molecule has 4 heterocycles. The fourth-order valence-electron chi connectivity index (χ4n) is 7.01. The molecule has 3 aromatic rings. The summed E-state index contributed by atoms with van der Waals surface area (Å²) in [5.41, 5.74) is 4.32. The van der Waals surface area contributed by atoms with Crippen molar-refractivity contribution in [3.63, 3.8) is 0 Å². The SMILES string of the molecule is Cc1cc(S)c(CNC(=O)c2cc(-c3ccc(N4CCCCC4)cc3)c3c(c2C)OC(C)(C2CCN(CC(F)(F)F)CC2)O3)c(=O)[nH]1. The van der Waals surface area contributed by atoms with Crippen molar-refractivity contribution < 1.29 is 27.4 Å². The zero-order valence-corrected chi connectivity index (χ0v) is 27.8. The Balaban J connectivity index is 1.31. The number of likely N-dealkylation sites (tertiary alicyclic amines) is 1. The van der Waals surface area contributed by atoms with Crippen LogP contribution in [0.25, 0.3) is 11.1 Å². The first-order valence-electron chi connectivity index (χ1n) is 16.2. The van der Waals surface area contributed by atoms with Gasteiger partial charge < -0.3 is 24.7 Å². The molecular weight excluding hydrogens is 629 g/mol. The van der Waals surface area contributed by atoms with Gasteiger partial charge >= 0.3 is 6.18 Å². The minimum atomic E-state index is -4.25. The molecular formula is C35H41F3N4O4S. The van der Waals surface area contributed by atoms with E-state index in [-0.39, 0.29) is 37.0 Å². The highest BCUT2D eigenvalue weighted by molar-refractivity contribution is 7.80. The van der Waals surface area contributed by atoms with Crippen molar-refractivity contribution in [3.8, 4) is 22.6 Å². The molecule has 0 bridgehead atoms. The minimum Gasteiger partial charge on any atom is -0.448 e. The van der Waals surface area contributed by atoms with E-state index in [4.69, 9.17) is 9.47 Å². The Kier molecular flexibility index (Phi) is 9.28. The van der Waals surface area contributed by atoms with E-state index < -0.39 is 18.5 Å². The van der Waals surface area contributed by atoms with Gasteiger partial charge in [0, 0.05) is 71.0 Å². The van der Waals surface area contributed by atoms with Gasteiger partial charge in [0.25, 0.3) is 17.3 Å². The van der Waals surface area contributed by atoms with Crippen LogP contribution in [0.15, 0.2) is 46.1 Å². The largest absolute Gasteiger partial charge is 0.448 e. The van der Waals surface area contributed by atoms with Crippen molar-refractivity contribution in [2.45, 2.75) is 76.3 Å². The van der Waals surface area contributed by atoms with Crippen molar-refractivity contribution in [2.75, 3.05) is 37.6 Å². The lowest BCUT2D eigenvalue weighted by atomic mass is 9.89. The van der Waals surface area contributed by atoms with Gasteiger partial charge in [-0.3, -0.25) is 14.5 Å². The van der Waals surface area contributed by atoms with Crippen molar-refractivity contribution >= 4 is 24.2 Å². The number of thiol groups is 1. The molecule has 2 fully saturated rings. The van der Waals surface area contributed by atoms with Crippen molar-refractivity contribution in [1.82, 2.24) is 15.2 Å². The van der Waals surface area contributed by atoms with E-state index in [0.717, 1.165) is 37.2 Å². The lowest BCUT2D eigenvalue weighted by Crippen LogP contribution is -2.49. The van der Waals surface area contributed by atoms with E-state index in [2.05, 4.69) is 40.0 Å². The van der Waals surface area contributed by atoms with Crippen LogP contribution in [0.2, 0.25) is 0 Å². The van der Waals surface area contributed by atoms with Crippen LogP contribution in [0.1, 0.15) is 66.2 Å². The van der Waals surface area contributed by atoms with Crippen LogP contribution in [0.3, 0.4) is 0 Å². The van der Waals surface area contributed by atoms with E-state index in [1.807, 2.05) is 19.1 Å². The Morgan fingerprint density at radius 3 is 2.32 bits per heavy atom. The average molecular weight is 671 g/mol. The second-order valence-corrected chi connectivity index (χ2v) is 13.5. The topological polar surface area (TPSA) is 86.9 Å². The Morgan fingerprint density at radius 2 is 1.68 bits per heavy atom. The first-order valence-corrected chi connectivity index (χ1v) is 16.7. The molecule has 0 aliphatic carbocycles. The van der Waals surface area contributed by atoms with Crippen LogP contribution < -0.4 is 25.2 Å². The first-order chi connectivity index (χ1) is 22.3. The molecule has 0 spiro atoms. The lowest BCUT2D eigenvalue weighted by molar-refractivity contribution is -0.159. The molecule has 12 heteroatoms. The number of carbonyl (C=O) groups excluding carboxylic acids is 1. The Bertz CT molecular complexity index is 1700. The maximum atomic E-state index is 13.7. The fraction of sp³-hybridized carbons (Fsp3) is 0.486. The third-order valence-corrected chi connectivity index (χ3v) is 10.0. The molecule has 0 radical (unpaired) electrons. The Hall–Kier alpha value is -3.64. The van der Waals surface area contributed by atoms with Gasteiger partial charge in [0.05, 0.1) is 6.54 Å². The smallest absolute Gasteiger partial charge is 0.401 e. The van der Waals surface area contributed by atoms with Crippen LogP contribution in [-0.2, 0) is 6.54 Å². The summed E-state index contributed by atoms with van der Waals surface area (Å²) in [6.07, 6.45) is 0.261. The quantitative estimate of drug-likeness (QED) is 0.245. The molecule has 0 saturated carbocycles. The van der Waals surface area contributed by atoms with Gasteiger partial charge in [-0.2, -0.15) is 13.2 Å². The molecule has 6 rings (SSSR count). The number of fused-ring (bicyclic) bond motifs is 1. The summed E-state index contributed by atoms with van der Waals surface area (Å²) in [4.78, 5) is 33.3. The summed E-state index contributed by atoms with van der Waals surface area (Å²) in [5, 5.41) is 2.88. The number of piperidine rings is 2. The summed E-state index contributed by atoms with van der Waals surface area (Å²) >= 11 is 4.44. The summed E-state index contributed by atoms with van der Waals surface area (Å²) in [6.45, 7) is 7.03. The second kappa shape index (κ2) is 13.1. The molecule has 3 aliphatic heterocycles. The summed E-state index contributed by atoms with van der Waals surface area (Å²) in [7, 11) is 0. The number of benzene rings is 2. The summed E-state index contributed by atoms with van der Waals surface area (Å²) in [6, 6.07) is 11.7. The molecule has 3 aliphatic rings. The third kappa shape index (κ3) is 7.13. The number of ether oxygens (including phenoxy) is 2. The molecule has 1 unspecified atom stereocenters. The number of aromatic nitrogens is 1. The number of aryl methyl sites for hydroxylation is 1. The van der Waals surface area contributed by atoms with Crippen LogP contribution in [-0.4, -0.2) is 60.5 Å². The van der Waals surface area contributed by atoms with Gasteiger partial charge in [-0.1, -0.05) is 12.1 Å². The Morgan fingerprint density at radius 1 is 1.02 bits per heavy atom. The van der Waals surface area contributed by atoms with Crippen LogP contribution in [0, 0.1) is 19.8 Å². The van der Waals surface area contributed by atoms with Crippen molar-refractivity contribution in [1.29, 1.82) is 0 Å². The monoisotopic (exact) mass is 670 g/mol. The van der Waals surface area contributed by atoms with Crippen LogP contribution in [0.5, 0.6) is 11.5 Å². The van der Waals surface area contributed by atoms with Gasteiger partial charge in [-0.15, -0.1) is 12.6 Å². The Labute approximate surface area is 278 Å². The van der Waals surface area contributed by atoms with E-state index >= 15 is 0 Å². The number of pyridine rings is 1. The number of rotatable bonds is 7. The van der Waals surface area contributed by atoms with Crippen LogP contribution in [0.4, 0.5) is 18.9 Å². The van der Waals surface area contributed by atoms with Crippen molar-refractivity contribution in [3.05, 3.63) is 69.1 Å². The molecule has 2 N–H and O–H groups in total. The number of nitrogens with zero attached hydrogens (tertiary/aromatic N) is 2. The van der Waals surface area contributed by atoms with E-state index in [1.165, 1.54) is 11.3 Å². The van der Waals surface area contributed by atoms with Gasteiger partial charge in [0.2, 0.25) is 0 Å². The molecule has 1 amide bonds. The molecule has 1 atom stereocenters. The van der Waals surface area contributed by atoms with Gasteiger partial charge in [0.15, 0.2) is 11.5 Å². The molecule has 1 aromatic heterocycles. The highest BCUT2D eigenvalue weighted by Gasteiger charge is 2.48. The zero-order valence-electron chi connectivity index (χ0n) is 26.9. The molecule has 8 nitrogen and oxygen atoms in total. The highest BCUT2D eigenvalue weighted by Crippen LogP contribution is 2.52. The molecule has 252 valence electrons. The molecule has 2 aromatic carbocycles. The van der Waals surface area contributed by atoms with Crippen LogP contribution >= 0.6 is 12.6 Å². The first kappa shape index (κ1) is 33.3. The van der Waals surface area contributed by atoms with Gasteiger partial charge in [-0.05, 0) is 88.9 Å². The number of nitrogens with one attached hydrogen (secondary N) is 2. The third-order valence-electron chi connectivity index (χ3n) is 9.64. The number of alkyl halides is 3. The summed E-state index contributed by atoms with van der Waals surface area (Å²) in [5.74, 6) is -0.714. The van der Waals surface area contributed by atoms with Gasteiger partial charge in [0.1, 0.15) is 0 Å². The number of anilines is 1. The van der Waals surface area contributed by atoms with E-state index in [1.54, 1.807) is 26.0 Å². The van der Waals surface area contributed by atoms with Gasteiger partial charge in [-0.25, -0.2) is 0 Å². The summed E-state index contributed by atoms with van der Waals surface area (Å²) < 4.78 is 52.3. The number of H-pyrrole nitrogens is 1. The highest BCUT2D eigenvalue weighted by atomic mass is 32.1. The van der Waals surface area contributed by atoms with E-state index in [0.29, 0.717) is 57.2 Å². The average Bonchev–Trinajstić information content (AvgIpc) is 3.40. The second-order valence-electron chi connectivity index (χ2n) is 13.1. The minimum absolute atomic E-state index is 0.0186. The number of halogens is 3. The normalized spacial score (nSPS) is 20.4. The van der Waals surface area contributed by atoms with Crippen molar-refractivity contribution in [2.24, 2.45) is 5.92 Å². The number of hydrogen-bond donors (Lipinski definition) is 3. The van der Waals surface area contributed by atoms with E-state index in [9.17, 15) is 22.8 Å². The number of carbonyl (C=O) groups is 1. The molecule has 2 saturated heterocycles. The number of hydrogen-bond acceptors (Lipinski definition) is 7. The standard InChI is InChI=1S/C35H41F3N4O4S/c1-21-17-29(47)28(33(44)40-21)19-39-32(43)26-18-27(23-7-9-25(10-8-23)42-13-5-4-6-14-42)31-30(22(26)2)45-34(3,46-31)24-11-15-41(16-12-24)20-35(36,37)38/h7-10,17-18,24H,4-6,11-16,19-20H2,1-3H3,(H,39,43)(H2,40,44,47). The predicted molar refractivity (Wildman–Crippen MR) is 178 cm³/mol. The zero-order chi connectivity index (χ0) is 33.5.